The molecule has 0 spiro atoms. The molecule has 0 saturated carbocycles. The summed E-state index contributed by atoms with van der Waals surface area (Å²) in [6.45, 7) is 0. The molecule has 0 aliphatic heterocycles. The first-order valence-electron chi connectivity index (χ1n) is 8.50. The van der Waals surface area contributed by atoms with Crippen molar-refractivity contribution < 1.29 is 27.4 Å². The monoisotopic (exact) mass is 402 g/mol. The van der Waals surface area contributed by atoms with E-state index in [2.05, 4.69) is 9.84 Å². The average Bonchev–Trinajstić information content (AvgIpc) is 3.18. The lowest BCUT2D eigenvalue weighted by molar-refractivity contribution is -0.141. The molecule has 1 aromatic heterocycles. The Kier molecular flexibility index (Phi) is 5.72. The van der Waals surface area contributed by atoms with E-state index in [0.29, 0.717) is 22.6 Å². The summed E-state index contributed by atoms with van der Waals surface area (Å²) in [4.78, 5) is 11.2. The van der Waals surface area contributed by atoms with Crippen molar-refractivity contribution in [1.82, 2.24) is 9.78 Å². The number of alkyl halides is 3. The summed E-state index contributed by atoms with van der Waals surface area (Å²) in [6, 6.07) is 14.3. The van der Waals surface area contributed by atoms with Crippen LogP contribution in [0.15, 0.2) is 60.7 Å². The lowest BCUT2D eigenvalue weighted by atomic mass is 10.1. The number of aromatic nitrogens is 2. The van der Waals surface area contributed by atoms with Crippen LogP contribution in [-0.2, 0) is 15.7 Å². The predicted octanol–water partition coefficient (Wildman–Crippen LogP) is 4.75. The highest BCUT2D eigenvalue weighted by Gasteiger charge is 2.35. The summed E-state index contributed by atoms with van der Waals surface area (Å²) in [7, 11) is 2.78. The van der Waals surface area contributed by atoms with Crippen molar-refractivity contribution in [3.05, 3.63) is 71.9 Å². The van der Waals surface area contributed by atoms with Crippen LogP contribution in [0, 0.1) is 0 Å². The van der Waals surface area contributed by atoms with Crippen LogP contribution in [0.3, 0.4) is 0 Å². The second-order valence-corrected chi connectivity index (χ2v) is 6.00. The number of methoxy groups -OCH3 is 2. The van der Waals surface area contributed by atoms with Crippen LogP contribution in [0.4, 0.5) is 13.2 Å². The van der Waals surface area contributed by atoms with Gasteiger partial charge in [-0.25, -0.2) is 9.48 Å². The number of nitrogens with zero attached hydrogens (tertiary/aromatic N) is 2. The normalized spacial score (nSPS) is 11.6. The molecule has 0 radical (unpaired) electrons. The zero-order valence-electron chi connectivity index (χ0n) is 15.6. The van der Waals surface area contributed by atoms with Crippen molar-refractivity contribution in [3.63, 3.8) is 0 Å². The molecule has 0 bridgehead atoms. The Bertz CT molecular complexity index is 1020. The van der Waals surface area contributed by atoms with Crippen molar-refractivity contribution in [2.75, 3.05) is 14.2 Å². The zero-order chi connectivity index (χ0) is 21.0. The second-order valence-electron chi connectivity index (χ2n) is 6.00. The number of hydrogen-bond acceptors (Lipinski definition) is 4. The molecule has 0 unspecified atom stereocenters. The first-order chi connectivity index (χ1) is 13.8. The Morgan fingerprint density at radius 2 is 1.69 bits per heavy atom. The van der Waals surface area contributed by atoms with Crippen LogP contribution in [-0.4, -0.2) is 30.0 Å². The van der Waals surface area contributed by atoms with Gasteiger partial charge in [-0.05, 0) is 42.0 Å². The number of benzene rings is 2. The van der Waals surface area contributed by atoms with Crippen molar-refractivity contribution in [2.45, 2.75) is 6.18 Å². The molecule has 0 aliphatic rings. The van der Waals surface area contributed by atoms with Crippen LogP contribution in [0.1, 0.15) is 11.3 Å². The Morgan fingerprint density at radius 1 is 1.03 bits per heavy atom. The van der Waals surface area contributed by atoms with E-state index in [4.69, 9.17) is 4.74 Å². The number of halogens is 3. The lowest BCUT2D eigenvalue weighted by Crippen LogP contribution is -2.07. The molecule has 3 rings (SSSR count). The minimum atomic E-state index is -4.57. The first kappa shape index (κ1) is 20.2. The third-order valence-electron chi connectivity index (χ3n) is 4.14. The maximum absolute atomic E-state index is 13.3. The maximum Gasteiger partial charge on any atom is 0.435 e. The Hall–Kier alpha value is -3.55. The molecule has 0 amide bonds. The van der Waals surface area contributed by atoms with E-state index in [1.54, 1.807) is 54.6 Å². The summed E-state index contributed by atoms with van der Waals surface area (Å²) >= 11 is 0. The molecular weight excluding hydrogens is 385 g/mol. The molecule has 0 aliphatic carbocycles. The molecule has 1 heterocycles. The SMILES string of the molecule is COC(=O)/C=C/c1ccc(-c2cc(C(F)(F)F)nn2-c2ccc(OC)cc2)cc1. The van der Waals surface area contributed by atoms with Crippen LogP contribution < -0.4 is 4.74 Å². The van der Waals surface area contributed by atoms with Gasteiger partial charge in [-0.3, -0.25) is 0 Å². The Balaban J connectivity index is 2.02. The molecule has 0 atom stereocenters. The number of carbonyl (C=O) groups is 1. The summed E-state index contributed by atoms with van der Waals surface area (Å²) in [5.74, 6) is 0.0849. The molecule has 150 valence electrons. The lowest BCUT2D eigenvalue weighted by Gasteiger charge is -2.09. The molecule has 0 saturated heterocycles. The zero-order valence-corrected chi connectivity index (χ0v) is 15.6. The minimum absolute atomic E-state index is 0.283. The fourth-order valence-corrected chi connectivity index (χ4v) is 2.64. The minimum Gasteiger partial charge on any atom is -0.497 e. The summed E-state index contributed by atoms with van der Waals surface area (Å²) < 4.78 is 50.6. The summed E-state index contributed by atoms with van der Waals surface area (Å²) in [5, 5.41) is 3.75. The highest BCUT2D eigenvalue weighted by molar-refractivity contribution is 5.87. The quantitative estimate of drug-likeness (QED) is 0.456. The highest BCUT2D eigenvalue weighted by atomic mass is 19.4. The van der Waals surface area contributed by atoms with E-state index in [-0.39, 0.29) is 5.69 Å². The van der Waals surface area contributed by atoms with Crippen LogP contribution in [0.2, 0.25) is 0 Å². The molecule has 29 heavy (non-hydrogen) atoms. The van der Waals surface area contributed by atoms with E-state index in [9.17, 15) is 18.0 Å². The van der Waals surface area contributed by atoms with Gasteiger partial charge in [-0.15, -0.1) is 0 Å². The average molecular weight is 402 g/mol. The maximum atomic E-state index is 13.3. The van der Waals surface area contributed by atoms with Crippen LogP contribution >= 0.6 is 0 Å². The highest BCUT2D eigenvalue weighted by Crippen LogP contribution is 2.33. The van der Waals surface area contributed by atoms with Gasteiger partial charge in [0.1, 0.15) is 5.75 Å². The van der Waals surface area contributed by atoms with Gasteiger partial charge in [0.05, 0.1) is 25.6 Å². The van der Waals surface area contributed by atoms with Crippen LogP contribution in [0.5, 0.6) is 5.75 Å². The third-order valence-corrected chi connectivity index (χ3v) is 4.14. The van der Waals surface area contributed by atoms with Crippen molar-refractivity contribution in [1.29, 1.82) is 0 Å². The Labute approximate surface area is 165 Å². The van der Waals surface area contributed by atoms with Crippen molar-refractivity contribution in [2.24, 2.45) is 0 Å². The van der Waals surface area contributed by atoms with Gasteiger partial charge < -0.3 is 9.47 Å². The van der Waals surface area contributed by atoms with Gasteiger partial charge in [0.2, 0.25) is 0 Å². The molecule has 8 heteroatoms. The number of hydrogen-bond donors (Lipinski definition) is 0. The standard InChI is InChI=1S/C21H17F3N2O3/c1-28-17-10-8-16(9-11-17)26-18(13-19(25-26)21(22,23)24)15-6-3-14(4-7-15)5-12-20(27)29-2/h3-13H,1-2H3/b12-5+. The molecule has 0 fully saturated rings. The second kappa shape index (κ2) is 8.22. The topological polar surface area (TPSA) is 53.3 Å². The third kappa shape index (κ3) is 4.66. The summed E-state index contributed by atoms with van der Waals surface area (Å²) in [6.07, 6.45) is -1.76. The predicted molar refractivity (Wildman–Crippen MR) is 102 cm³/mol. The number of ether oxygens (including phenoxy) is 2. The smallest absolute Gasteiger partial charge is 0.435 e. The summed E-state index contributed by atoms with van der Waals surface area (Å²) in [5.41, 5.74) is 1.000. The van der Waals surface area contributed by atoms with E-state index in [1.165, 1.54) is 25.0 Å². The van der Waals surface area contributed by atoms with Gasteiger partial charge in [0.15, 0.2) is 5.69 Å². The first-order valence-corrected chi connectivity index (χ1v) is 8.50. The van der Waals surface area contributed by atoms with E-state index in [1.807, 2.05) is 0 Å². The van der Waals surface area contributed by atoms with Crippen molar-refractivity contribution >= 4 is 12.0 Å². The van der Waals surface area contributed by atoms with Crippen LogP contribution in [0.25, 0.3) is 23.0 Å². The van der Waals surface area contributed by atoms with Gasteiger partial charge in [0.25, 0.3) is 0 Å². The largest absolute Gasteiger partial charge is 0.497 e. The fraction of sp³-hybridized carbons (Fsp3) is 0.143. The molecule has 2 aromatic carbocycles. The van der Waals surface area contributed by atoms with E-state index >= 15 is 0 Å². The molecule has 5 nitrogen and oxygen atoms in total. The molecule has 0 N–H and O–H groups in total. The molecule has 3 aromatic rings. The fourth-order valence-electron chi connectivity index (χ4n) is 2.64. The Morgan fingerprint density at radius 3 is 2.24 bits per heavy atom. The molecular formula is C21H17F3N2O3. The van der Waals surface area contributed by atoms with E-state index < -0.39 is 17.8 Å². The van der Waals surface area contributed by atoms with E-state index in [0.717, 1.165) is 6.07 Å². The van der Waals surface area contributed by atoms with Gasteiger partial charge in [-0.2, -0.15) is 18.3 Å². The number of esters is 1. The number of rotatable bonds is 5. The van der Waals surface area contributed by atoms with Gasteiger partial charge in [-0.1, -0.05) is 24.3 Å². The van der Waals surface area contributed by atoms with Gasteiger partial charge >= 0.3 is 12.1 Å². The number of carbonyl (C=O) groups excluding carboxylic acids is 1. The van der Waals surface area contributed by atoms with Crippen molar-refractivity contribution in [3.8, 4) is 22.7 Å². The van der Waals surface area contributed by atoms with Gasteiger partial charge in [0, 0.05) is 11.6 Å².